The number of aryl methyl sites for hydroxylation is 1. The monoisotopic (exact) mass is 244 g/mol. The fourth-order valence-corrected chi connectivity index (χ4v) is 1.71. The van der Waals surface area contributed by atoms with E-state index >= 15 is 0 Å². The first-order valence-electron chi connectivity index (χ1n) is 5.70. The minimum absolute atomic E-state index is 0.0759. The highest BCUT2D eigenvalue weighted by atomic mass is 16.2. The number of benzene rings is 1. The van der Waals surface area contributed by atoms with Crippen LogP contribution in [0.4, 0.5) is 5.69 Å². The third-order valence-corrected chi connectivity index (χ3v) is 2.83. The molecule has 1 atom stereocenters. The lowest BCUT2D eigenvalue weighted by atomic mass is 10.1. The van der Waals surface area contributed by atoms with Crippen molar-refractivity contribution in [2.24, 2.45) is 7.05 Å². The molecule has 0 saturated heterocycles. The smallest absolute Gasteiger partial charge is 0.270 e. The van der Waals surface area contributed by atoms with Gasteiger partial charge in [0, 0.05) is 12.7 Å². The van der Waals surface area contributed by atoms with E-state index in [9.17, 15) is 4.79 Å². The Morgan fingerprint density at radius 2 is 2.06 bits per heavy atom. The van der Waals surface area contributed by atoms with Gasteiger partial charge in [0.1, 0.15) is 5.69 Å². The molecule has 0 aliphatic heterocycles. The number of hydrogen-bond donors (Lipinski definition) is 2. The average molecular weight is 244 g/mol. The molecule has 1 unspecified atom stereocenters. The number of anilines is 1. The SMILES string of the molecule is CC(NC(=O)c1cncn1C)c1ccc(N)cc1. The molecule has 0 fully saturated rings. The Labute approximate surface area is 106 Å². The van der Waals surface area contributed by atoms with Crippen LogP contribution in [0.3, 0.4) is 0 Å². The largest absolute Gasteiger partial charge is 0.399 e. The van der Waals surface area contributed by atoms with E-state index < -0.39 is 0 Å². The van der Waals surface area contributed by atoms with Crippen LogP contribution in [0, 0.1) is 0 Å². The summed E-state index contributed by atoms with van der Waals surface area (Å²) in [5.74, 6) is -0.140. The molecule has 0 saturated carbocycles. The Morgan fingerprint density at radius 1 is 1.39 bits per heavy atom. The quantitative estimate of drug-likeness (QED) is 0.803. The Morgan fingerprint density at radius 3 is 2.61 bits per heavy atom. The van der Waals surface area contributed by atoms with Crippen LogP contribution in [0.2, 0.25) is 0 Å². The van der Waals surface area contributed by atoms with Crippen molar-refractivity contribution in [2.45, 2.75) is 13.0 Å². The molecule has 0 bridgehead atoms. The molecular formula is C13H16N4O. The van der Waals surface area contributed by atoms with Gasteiger partial charge in [-0.05, 0) is 24.6 Å². The maximum atomic E-state index is 12.0. The van der Waals surface area contributed by atoms with Crippen molar-refractivity contribution in [2.75, 3.05) is 5.73 Å². The Bertz CT molecular complexity index is 544. The fourth-order valence-electron chi connectivity index (χ4n) is 1.71. The lowest BCUT2D eigenvalue weighted by molar-refractivity contribution is 0.0931. The predicted octanol–water partition coefficient (Wildman–Crippen LogP) is 1.49. The van der Waals surface area contributed by atoms with Gasteiger partial charge >= 0.3 is 0 Å². The summed E-state index contributed by atoms with van der Waals surface area (Å²) < 4.78 is 1.69. The summed E-state index contributed by atoms with van der Waals surface area (Å²) >= 11 is 0. The van der Waals surface area contributed by atoms with Crippen molar-refractivity contribution in [1.29, 1.82) is 0 Å². The van der Waals surface area contributed by atoms with Crippen LogP contribution >= 0.6 is 0 Å². The number of nitrogens with zero attached hydrogens (tertiary/aromatic N) is 2. The molecule has 1 aromatic heterocycles. The summed E-state index contributed by atoms with van der Waals surface area (Å²) in [5, 5.41) is 2.92. The van der Waals surface area contributed by atoms with Crippen molar-refractivity contribution in [3.8, 4) is 0 Å². The Kier molecular flexibility index (Phi) is 3.32. The second-order valence-corrected chi connectivity index (χ2v) is 4.25. The predicted molar refractivity (Wildman–Crippen MR) is 69.9 cm³/mol. The molecule has 2 aromatic rings. The van der Waals surface area contributed by atoms with E-state index in [1.165, 1.54) is 0 Å². The number of amides is 1. The lowest BCUT2D eigenvalue weighted by Crippen LogP contribution is -2.28. The number of nitrogen functional groups attached to an aromatic ring is 1. The summed E-state index contributed by atoms with van der Waals surface area (Å²) in [5.41, 5.74) is 7.89. The molecule has 1 amide bonds. The minimum atomic E-state index is -0.140. The highest BCUT2D eigenvalue weighted by Gasteiger charge is 2.13. The van der Waals surface area contributed by atoms with E-state index in [1.54, 1.807) is 24.1 Å². The zero-order valence-corrected chi connectivity index (χ0v) is 10.4. The third-order valence-electron chi connectivity index (χ3n) is 2.83. The Balaban J connectivity index is 2.08. The number of nitrogens with two attached hydrogens (primary N) is 1. The van der Waals surface area contributed by atoms with Gasteiger partial charge < -0.3 is 15.6 Å². The molecular weight excluding hydrogens is 228 g/mol. The van der Waals surface area contributed by atoms with Crippen LogP contribution in [0.25, 0.3) is 0 Å². The van der Waals surface area contributed by atoms with E-state index in [0.29, 0.717) is 11.4 Å². The average Bonchev–Trinajstić information content (AvgIpc) is 2.76. The van der Waals surface area contributed by atoms with Crippen LogP contribution in [-0.2, 0) is 7.05 Å². The maximum absolute atomic E-state index is 12.0. The first-order valence-corrected chi connectivity index (χ1v) is 5.70. The summed E-state index contributed by atoms with van der Waals surface area (Å²) in [7, 11) is 1.79. The van der Waals surface area contributed by atoms with Crippen LogP contribution in [0.5, 0.6) is 0 Å². The van der Waals surface area contributed by atoms with E-state index in [2.05, 4.69) is 10.3 Å². The van der Waals surface area contributed by atoms with E-state index in [-0.39, 0.29) is 11.9 Å². The van der Waals surface area contributed by atoms with Gasteiger partial charge in [-0.25, -0.2) is 4.98 Å². The van der Waals surface area contributed by atoms with Crippen molar-refractivity contribution < 1.29 is 4.79 Å². The minimum Gasteiger partial charge on any atom is -0.399 e. The number of carbonyl (C=O) groups excluding carboxylic acids is 1. The number of rotatable bonds is 3. The lowest BCUT2D eigenvalue weighted by Gasteiger charge is -2.14. The number of nitrogens with one attached hydrogen (secondary N) is 1. The van der Waals surface area contributed by atoms with Gasteiger partial charge in [0.2, 0.25) is 0 Å². The molecule has 1 aromatic carbocycles. The zero-order chi connectivity index (χ0) is 13.1. The molecule has 18 heavy (non-hydrogen) atoms. The third kappa shape index (κ3) is 2.51. The molecule has 2 rings (SSSR count). The van der Waals surface area contributed by atoms with E-state index in [4.69, 9.17) is 5.73 Å². The Hall–Kier alpha value is -2.30. The highest BCUT2D eigenvalue weighted by molar-refractivity contribution is 5.92. The maximum Gasteiger partial charge on any atom is 0.270 e. The molecule has 0 spiro atoms. The summed E-state index contributed by atoms with van der Waals surface area (Å²) in [6, 6.07) is 7.38. The summed E-state index contributed by atoms with van der Waals surface area (Å²) in [6.07, 6.45) is 3.15. The first kappa shape index (κ1) is 12.2. The van der Waals surface area contributed by atoms with Crippen LogP contribution in [0.1, 0.15) is 29.0 Å². The second kappa shape index (κ2) is 4.91. The summed E-state index contributed by atoms with van der Waals surface area (Å²) in [4.78, 5) is 15.9. The summed E-state index contributed by atoms with van der Waals surface area (Å²) in [6.45, 7) is 1.93. The van der Waals surface area contributed by atoms with Crippen molar-refractivity contribution in [3.63, 3.8) is 0 Å². The number of hydrogen-bond acceptors (Lipinski definition) is 3. The molecule has 1 heterocycles. The van der Waals surface area contributed by atoms with Gasteiger partial charge in [-0.15, -0.1) is 0 Å². The number of carbonyl (C=O) groups is 1. The van der Waals surface area contributed by atoms with Gasteiger partial charge in [-0.3, -0.25) is 4.79 Å². The van der Waals surface area contributed by atoms with Crippen LogP contribution in [0.15, 0.2) is 36.8 Å². The molecule has 94 valence electrons. The molecule has 0 aliphatic rings. The van der Waals surface area contributed by atoms with Crippen molar-refractivity contribution in [3.05, 3.63) is 48.0 Å². The molecule has 5 heteroatoms. The number of aromatic nitrogens is 2. The van der Waals surface area contributed by atoms with Crippen molar-refractivity contribution >= 4 is 11.6 Å². The van der Waals surface area contributed by atoms with E-state index in [0.717, 1.165) is 5.56 Å². The zero-order valence-electron chi connectivity index (χ0n) is 10.4. The van der Waals surface area contributed by atoms with Gasteiger partial charge in [0.25, 0.3) is 5.91 Å². The first-order chi connectivity index (χ1) is 8.58. The second-order valence-electron chi connectivity index (χ2n) is 4.25. The molecule has 5 nitrogen and oxygen atoms in total. The van der Waals surface area contributed by atoms with Gasteiger partial charge in [0.15, 0.2) is 0 Å². The molecule has 0 radical (unpaired) electrons. The van der Waals surface area contributed by atoms with Gasteiger partial charge in [-0.1, -0.05) is 12.1 Å². The van der Waals surface area contributed by atoms with Gasteiger partial charge in [-0.2, -0.15) is 0 Å². The van der Waals surface area contributed by atoms with Crippen LogP contribution in [-0.4, -0.2) is 15.5 Å². The molecule has 3 N–H and O–H groups in total. The fraction of sp³-hybridized carbons (Fsp3) is 0.231. The molecule has 0 aliphatic carbocycles. The number of imidazole rings is 1. The van der Waals surface area contributed by atoms with Crippen molar-refractivity contribution in [1.82, 2.24) is 14.9 Å². The highest BCUT2D eigenvalue weighted by Crippen LogP contribution is 2.14. The van der Waals surface area contributed by atoms with Gasteiger partial charge in [0.05, 0.1) is 18.6 Å². The van der Waals surface area contributed by atoms with Crippen LogP contribution < -0.4 is 11.1 Å². The van der Waals surface area contributed by atoms with E-state index in [1.807, 2.05) is 31.2 Å². The standard InChI is InChI=1S/C13H16N4O/c1-9(10-3-5-11(14)6-4-10)16-13(18)12-7-15-8-17(12)2/h3-9H,14H2,1-2H3,(H,16,18). The normalized spacial score (nSPS) is 12.1. The topological polar surface area (TPSA) is 72.9 Å².